The molecular weight excluding hydrogens is 195 g/mol. The third-order valence-corrected chi connectivity index (χ3v) is 1.70. The van der Waals surface area contributed by atoms with Gasteiger partial charge in [0.2, 0.25) is 0 Å². The Morgan fingerprint density at radius 2 is 1.80 bits per heavy atom. The Hall–Kier alpha value is -1.37. The van der Waals surface area contributed by atoms with E-state index in [0.717, 1.165) is 0 Å². The first-order chi connectivity index (χ1) is 6.88. The Morgan fingerprint density at radius 3 is 2.27 bits per heavy atom. The predicted molar refractivity (Wildman–Crippen MR) is 55.4 cm³/mol. The van der Waals surface area contributed by atoms with Crippen molar-refractivity contribution >= 4 is 0 Å². The summed E-state index contributed by atoms with van der Waals surface area (Å²) in [6.07, 6.45) is -1.00. The van der Waals surface area contributed by atoms with E-state index in [-0.39, 0.29) is 5.82 Å². The van der Waals surface area contributed by atoms with Crippen LogP contribution in [0, 0.1) is 17.7 Å². The second-order valence-corrected chi connectivity index (χ2v) is 3.78. The molecule has 0 bridgehead atoms. The molecular formula is C12H13FO2. The quantitative estimate of drug-likeness (QED) is 0.689. The molecule has 0 aromatic heterocycles. The highest BCUT2D eigenvalue weighted by Gasteiger charge is 2.08. The Labute approximate surface area is 88.4 Å². The molecule has 1 rings (SSSR count). The van der Waals surface area contributed by atoms with Gasteiger partial charge in [-0.1, -0.05) is 24.0 Å². The van der Waals surface area contributed by atoms with Gasteiger partial charge in [0.1, 0.15) is 17.5 Å². The van der Waals surface area contributed by atoms with E-state index in [2.05, 4.69) is 11.8 Å². The topological polar surface area (TPSA) is 40.5 Å². The van der Waals surface area contributed by atoms with Crippen molar-refractivity contribution in [2.45, 2.75) is 25.6 Å². The van der Waals surface area contributed by atoms with Gasteiger partial charge in [0, 0.05) is 0 Å². The molecule has 80 valence electrons. The molecule has 0 aliphatic rings. The van der Waals surface area contributed by atoms with E-state index in [1.807, 2.05) is 0 Å². The summed E-state index contributed by atoms with van der Waals surface area (Å²) in [5.41, 5.74) is -0.630. The molecule has 15 heavy (non-hydrogen) atoms. The van der Waals surface area contributed by atoms with Crippen molar-refractivity contribution in [3.05, 3.63) is 35.6 Å². The van der Waals surface area contributed by atoms with Crippen LogP contribution < -0.4 is 0 Å². The fraction of sp³-hybridized carbons (Fsp3) is 0.333. The summed E-state index contributed by atoms with van der Waals surface area (Å²) in [6.45, 7) is 3.05. The summed E-state index contributed by atoms with van der Waals surface area (Å²) in [4.78, 5) is 0. The average molecular weight is 208 g/mol. The Balaban J connectivity index is 2.80. The summed E-state index contributed by atoms with van der Waals surface area (Å²) in [5, 5.41) is 18.9. The maximum atomic E-state index is 12.6. The van der Waals surface area contributed by atoms with Crippen molar-refractivity contribution in [3.63, 3.8) is 0 Å². The molecule has 1 atom stereocenters. The third kappa shape index (κ3) is 4.11. The van der Waals surface area contributed by atoms with Crippen LogP contribution in [0.1, 0.15) is 25.5 Å². The zero-order valence-electron chi connectivity index (χ0n) is 8.66. The van der Waals surface area contributed by atoms with Crippen molar-refractivity contribution in [3.8, 4) is 11.8 Å². The van der Waals surface area contributed by atoms with E-state index >= 15 is 0 Å². The van der Waals surface area contributed by atoms with Crippen LogP contribution in [0.15, 0.2) is 24.3 Å². The minimum absolute atomic E-state index is 0.360. The number of hydrogen-bond acceptors (Lipinski definition) is 2. The van der Waals surface area contributed by atoms with Gasteiger partial charge in [-0.2, -0.15) is 0 Å². The molecule has 1 unspecified atom stereocenters. The highest BCUT2D eigenvalue weighted by Crippen LogP contribution is 2.12. The lowest BCUT2D eigenvalue weighted by Crippen LogP contribution is -2.15. The lowest BCUT2D eigenvalue weighted by atomic mass is 10.1. The van der Waals surface area contributed by atoms with Crippen molar-refractivity contribution in [1.82, 2.24) is 0 Å². The van der Waals surface area contributed by atoms with Gasteiger partial charge in [-0.15, -0.1) is 0 Å². The molecule has 0 saturated heterocycles. The third-order valence-electron chi connectivity index (χ3n) is 1.70. The molecule has 0 saturated carbocycles. The second-order valence-electron chi connectivity index (χ2n) is 3.78. The second kappa shape index (κ2) is 4.43. The molecule has 3 heteroatoms. The van der Waals surface area contributed by atoms with Crippen molar-refractivity contribution in [2.24, 2.45) is 0 Å². The molecule has 2 N–H and O–H groups in total. The Morgan fingerprint density at radius 1 is 1.27 bits per heavy atom. The predicted octanol–water partition coefficient (Wildman–Crippen LogP) is 1.63. The summed E-state index contributed by atoms with van der Waals surface area (Å²) < 4.78 is 12.6. The lowest BCUT2D eigenvalue weighted by Gasteiger charge is -2.08. The molecule has 0 aliphatic carbocycles. The Bertz CT molecular complexity index is 379. The number of benzene rings is 1. The van der Waals surface area contributed by atoms with E-state index in [9.17, 15) is 14.6 Å². The van der Waals surface area contributed by atoms with Gasteiger partial charge in [-0.05, 0) is 31.5 Å². The first-order valence-electron chi connectivity index (χ1n) is 4.57. The zero-order valence-corrected chi connectivity index (χ0v) is 8.66. The van der Waals surface area contributed by atoms with Gasteiger partial charge < -0.3 is 10.2 Å². The fourth-order valence-electron chi connectivity index (χ4n) is 0.973. The highest BCUT2D eigenvalue weighted by atomic mass is 19.1. The Kier molecular flexibility index (Phi) is 3.46. The van der Waals surface area contributed by atoms with Gasteiger partial charge >= 0.3 is 0 Å². The maximum Gasteiger partial charge on any atom is 0.140 e. The molecule has 0 spiro atoms. The molecule has 0 fully saturated rings. The van der Waals surface area contributed by atoms with E-state index in [1.165, 1.54) is 38.1 Å². The van der Waals surface area contributed by atoms with Crippen LogP contribution in [0.2, 0.25) is 0 Å². The first-order valence-corrected chi connectivity index (χ1v) is 4.57. The van der Waals surface area contributed by atoms with Gasteiger partial charge in [-0.3, -0.25) is 0 Å². The smallest absolute Gasteiger partial charge is 0.140 e. The molecule has 0 radical (unpaired) electrons. The van der Waals surface area contributed by atoms with Crippen molar-refractivity contribution < 1.29 is 14.6 Å². The van der Waals surface area contributed by atoms with Gasteiger partial charge in [0.25, 0.3) is 0 Å². The SMILES string of the molecule is CC(C)(O)C#CC(O)c1ccc(F)cc1. The number of halogens is 1. The number of aliphatic hydroxyl groups excluding tert-OH is 1. The van der Waals surface area contributed by atoms with Crippen molar-refractivity contribution in [2.75, 3.05) is 0 Å². The van der Waals surface area contributed by atoms with Gasteiger partial charge in [0.05, 0.1) is 0 Å². The molecule has 1 aromatic carbocycles. The van der Waals surface area contributed by atoms with Crippen LogP contribution in [0.25, 0.3) is 0 Å². The first kappa shape index (κ1) is 11.7. The van der Waals surface area contributed by atoms with Crippen LogP contribution >= 0.6 is 0 Å². The van der Waals surface area contributed by atoms with Crippen LogP contribution in [0.3, 0.4) is 0 Å². The summed E-state index contributed by atoms with van der Waals surface area (Å²) in [7, 11) is 0. The molecule has 0 amide bonds. The van der Waals surface area contributed by atoms with Crippen molar-refractivity contribution in [1.29, 1.82) is 0 Å². The highest BCUT2D eigenvalue weighted by molar-refractivity contribution is 5.26. The number of aliphatic hydroxyl groups is 2. The van der Waals surface area contributed by atoms with Crippen LogP contribution in [0.5, 0.6) is 0 Å². The zero-order chi connectivity index (χ0) is 11.5. The molecule has 2 nitrogen and oxygen atoms in total. The van der Waals surface area contributed by atoms with E-state index < -0.39 is 11.7 Å². The van der Waals surface area contributed by atoms with Gasteiger partial charge in [-0.25, -0.2) is 4.39 Å². The van der Waals surface area contributed by atoms with E-state index in [0.29, 0.717) is 5.56 Å². The minimum Gasteiger partial charge on any atom is -0.378 e. The van der Waals surface area contributed by atoms with Crippen LogP contribution in [-0.4, -0.2) is 15.8 Å². The number of rotatable bonds is 1. The normalized spacial score (nSPS) is 12.9. The minimum atomic E-state index is -1.14. The largest absolute Gasteiger partial charge is 0.378 e. The summed E-state index contributed by atoms with van der Waals surface area (Å²) >= 11 is 0. The summed E-state index contributed by atoms with van der Waals surface area (Å²) in [5.74, 6) is 4.63. The summed E-state index contributed by atoms with van der Waals surface area (Å²) in [6, 6.07) is 5.42. The van der Waals surface area contributed by atoms with E-state index in [1.54, 1.807) is 0 Å². The number of hydrogen-bond donors (Lipinski definition) is 2. The van der Waals surface area contributed by atoms with Crippen LogP contribution in [0.4, 0.5) is 4.39 Å². The average Bonchev–Trinajstić information content (AvgIpc) is 2.14. The maximum absolute atomic E-state index is 12.6. The fourth-order valence-corrected chi connectivity index (χ4v) is 0.973. The molecule has 1 aromatic rings. The monoisotopic (exact) mass is 208 g/mol. The lowest BCUT2D eigenvalue weighted by molar-refractivity contribution is 0.142. The van der Waals surface area contributed by atoms with E-state index in [4.69, 9.17) is 0 Å². The van der Waals surface area contributed by atoms with Crippen LogP contribution in [-0.2, 0) is 0 Å². The molecule has 0 aliphatic heterocycles. The standard InChI is InChI=1S/C12H13FO2/c1-12(2,15)8-7-11(14)9-3-5-10(13)6-4-9/h3-6,11,14-15H,1-2H3. The molecule has 0 heterocycles. The van der Waals surface area contributed by atoms with Gasteiger partial charge in [0.15, 0.2) is 0 Å².